The van der Waals surface area contributed by atoms with Gasteiger partial charge >= 0.3 is 5.97 Å². The number of aryl methyl sites for hydroxylation is 1. The molecular weight excluding hydrogens is 273 g/mol. The van der Waals surface area contributed by atoms with Gasteiger partial charge in [-0.25, -0.2) is 9.18 Å². The number of carboxylic acids is 1. The Hall–Kier alpha value is -1.91. The van der Waals surface area contributed by atoms with Crippen molar-refractivity contribution in [3.05, 3.63) is 35.1 Å². The molecule has 0 saturated heterocycles. The second-order valence-electron chi connectivity index (χ2n) is 5.98. The van der Waals surface area contributed by atoms with Crippen molar-refractivity contribution in [1.29, 1.82) is 0 Å². The van der Waals surface area contributed by atoms with Gasteiger partial charge in [0.15, 0.2) is 0 Å². The number of hydrogen-bond acceptors (Lipinski definition) is 2. The van der Waals surface area contributed by atoms with Crippen molar-refractivity contribution in [2.75, 3.05) is 0 Å². The van der Waals surface area contributed by atoms with E-state index in [2.05, 4.69) is 12.2 Å². The van der Waals surface area contributed by atoms with Gasteiger partial charge in [-0.2, -0.15) is 0 Å². The maximum Gasteiger partial charge on any atom is 0.329 e. The Morgan fingerprint density at radius 1 is 1.33 bits per heavy atom. The van der Waals surface area contributed by atoms with E-state index in [0.717, 1.165) is 18.9 Å². The van der Waals surface area contributed by atoms with Gasteiger partial charge in [0.25, 0.3) is 5.91 Å². The minimum Gasteiger partial charge on any atom is -0.480 e. The summed E-state index contributed by atoms with van der Waals surface area (Å²) in [6.45, 7) is 3.77. The third-order valence-electron chi connectivity index (χ3n) is 4.33. The van der Waals surface area contributed by atoms with Crippen molar-refractivity contribution in [3.8, 4) is 0 Å². The number of aliphatic carboxylic acids is 1. The number of halogens is 1. The van der Waals surface area contributed by atoms with Crippen LogP contribution in [0, 0.1) is 18.7 Å². The summed E-state index contributed by atoms with van der Waals surface area (Å²) in [6, 6.07) is 3.94. The predicted molar refractivity (Wildman–Crippen MR) is 76.6 cm³/mol. The zero-order valence-corrected chi connectivity index (χ0v) is 12.3. The van der Waals surface area contributed by atoms with E-state index in [1.54, 1.807) is 6.92 Å². The van der Waals surface area contributed by atoms with E-state index >= 15 is 0 Å². The Morgan fingerprint density at radius 3 is 2.52 bits per heavy atom. The number of nitrogens with one attached hydrogen (secondary N) is 1. The molecule has 21 heavy (non-hydrogen) atoms. The highest BCUT2D eigenvalue weighted by Crippen LogP contribution is 2.32. The van der Waals surface area contributed by atoms with Crippen LogP contribution in [0.1, 0.15) is 48.5 Å². The second kappa shape index (κ2) is 5.84. The number of hydrogen-bond donors (Lipinski definition) is 2. The van der Waals surface area contributed by atoms with Gasteiger partial charge in [0, 0.05) is 5.56 Å². The molecule has 0 bridgehead atoms. The summed E-state index contributed by atoms with van der Waals surface area (Å²) in [7, 11) is 0. The summed E-state index contributed by atoms with van der Waals surface area (Å²) in [5.74, 6) is -1.58. The van der Waals surface area contributed by atoms with Crippen molar-refractivity contribution >= 4 is 11.9 Å². The molecule has 0 spiro atoms. The van der Waals surface area contributed by atoms with E-state index in [1.165, 1.54) is 12.1 Å². The first-order valence-electron chi connectivity index (χ1n) is 7.16. The zero-order chi connectivity index (χ0) is 15.6. The molecule has 0 aliphatic heterocycles. The van der Waals surface area contributed by atoms with Crippen LogP contribution in [0.25, 0.3) is 0 Å². The van der Waals surface area contributed by atoms with E-state index in [1.807, 2.05) is 0 Å². The molecule has 1 aromatic carbocycles. The lowest BCUT2D eigenvalue weighted by atomic mass is 9.77. The highest BCUT2D eigenvalue weighted by atomic mass is 19.1. The molecule has 114 valence electrons. The van der Waals surface area contributed by atoms with Gasteiger partial charge in [-0.3, -0.25) is 4.79 Å². The first-order valence-corrected chi connectivity index (χ1v) is 7.16. The lowest BCUT2D eigenvalue weighted by Crippen LogP contribution is -2.56. The van der Waals surface area contributed by atoms with Crippen molar-refractivity contribution in [3.63, 3.8) is 0 Å². The van der Waals surface area contributed by atoms with Gasteiger partial charge in [0.1, 0.15) is 11.4 Å². The second-order valence-corrected chi connectivity index (χ2v) is 5.98. The molecule has 4 nitrogen and oxygen atoms in total. The zero-order valence-electron chi connectivity index (χ0n) is 12.3. The number of carbonyl (C=O) groups excluding carboxylic acids is 1. The number of carboxylic acid groups (broad SMARTS) is 1. The molecule has 2 N–H and O–H groups in total. The predicted octanol–water partition coefficient (Wildman–Crippen LogP) is 2.90. The maximum absolute atomic E-state index is 13.3. The topological polar surface area (TPSA) is 66.4 Å². The van der Waals surface area contributed by atoms with Crippen LogP contribution in [0.15, 0.2) is 18.2 Å². The van der Waals surface area contributed by atoms with Gasteiger partial charge < -0.3 is 10.4 Å². The van der Waals surface area contributed by atoms with Crippen LogP contribution in [0.5, 0.6) is 0 Å². The first kappa shape index (κ1) is 15.5. The fourth-order valence-electron chi connectivity index (χ4n) is 2.77. The van der Waals surface area contributed by atoms with E-state index in [0.29, 0.717) is 24.3 Å². The number of carbonyl (C=O) groups is 2. The van der Waals surface area contributed by atoms with Gasteiger partial charge in [0.2, 0.25) is 0 Å². The van der Waals surface area contributed by atoms with Crippen LogP contribution in [0.4, 0.5) is 4.39 Å². The van der Waals surface area contributed by atoms with E-state index in [-0.39, 0.29) is 5.56 Å². The average molecular weight is 293 g/mol. The van der Waals surface area contributed by atoms with Crippen LogP contribution < -0.4 is 5.32 Å². The Labute approximate surface area is 123 Å². The lowest BCUT2D eigenvalue weighted by molar-refractivity contribution is -0.146. The van der Waals surface area contributed by atoms with Gasteiger partial charge in [-0.15, -0.1) is 0 Å². The summed E-state index contributed by atoms with van der Waals surface area (Å²) in [5, 5.41) is 12.1. The molecule has 1 aliphatic rings. The quantitative estimate of drug-likeness (QED) is 0.900. The smallest absolute Gasteiger partial charge is 0.329 e. The van der Waals surface area contributed by atoms with E-state index < -0.39 is 23.2 Å². The fraction of sp³-hybridized carbons (Fsp3) is 0.500. The summed E-state index contributed by atoms with van der Waals surface area (Å²) >= 11 is 0. The lowest BCUT2D eigenvalue weighted by Gasteiger charge is -2.36. The molecule has 0 atom stereocenters. The van der Waals surface area contributed by atoms with Crippen molar-refractivity contribution in [2.45, 2.75) is 45.1 Å². The van der Waals surface area contributed by atoms with Gasteiger partial charge in [0.05, 0.1) is 0 Å². The highest BCUT2D eigenvalue weighted by Gasteiger charge is 2.42. The molecule has 1 saturated carbocycles. The largest absolute Gasteiger partial charge is 0.480 e. The van der Waals surface area contributed by atoms with Crippen LogP contribution in [0.3, 0.4) is 0 Å². The normalized spacial score (nSPS) is 25.4. The molecule has 2 rings (SSSR count). The van der Waals surface area contributed by atoms with E-state index in [4.69, 9.17) is 0 Å². The van der Waals surface area contributed by atoms with Gasteiger partial charge in [-0.1, -0.05) is 13.0 Å². The monoisotopic (exact) mass is 293 g/mol. The van der Waals surface area contributed by atoms with Crippen LogP contribution >= 0.6 is 0 Å². The molecule has 1 aliphatic carbocycles. The Bertz CT molecular complexity index is 563. The average Bonchev–Trinajstić information content (AvgIpc) is 2.44. The van der Waals surface area contributed by atoms with Crippen molar-refractivity contribution in [1.82, 2.24) is 5.32 Å². The molecule has 0 aromatic heterocycles. The van der Waals surface area contributed by atoms with Crippen LogP contribution in [-0.2, 0) is 4.79 Å². The van der Waals surface area contributed by atoms with Crippen LogP contribution in [0.2, 0.25) is 0 Å². The van der Waals surface area contributed by atoms with Crippen molar-refractivity contribution < 1.29 is 19.1 Å². The summed E-state index contributed by atoms with van der Waals surface area (Å²) < 4.78 is 13.3. The molecule has 0 heterocycles. The third-order valence-corrected chi connectivity index (χ3v) is 4.33. The molecule has 1 amide bonds. The van der Waals surface area contributed by atoms with Gasteiger partial charge in [-0.05, 0) is 56.2 Å². The Kier molecular flexibility index (Phi) is 4.30. The number of benzene rings is 1. The minimum atomic E-state index is -1.23. The van der Waals surface area contributed by atoms with Crippen molar-refractivity contribution in [2.24, 2.45) is 5.92 Å². The van der Waals surface area contributed by atoms with E-state index in [9.17, 15) is 19.1 Å². The summed E-state index contributed by atoms with van der Waals surface area (Å²) in [6.07, 6.45) is 2.33. The summed E-state index contributed by atoms with van der Waals surface area (Å²) in [4.78, 5) is 23.9. The third kappa shape index (κ3) is 3.23. The molecule has 5 heteroatoms. The molecule has 1 fully saturated rings. The Balaban J connectivity index is 2.23. The maximum atomic E-state index is 13.3. The Morgan fingerprint density at radius 2 is 1.95 bits per heavy atom. The highest BCUT2D eigenvalue weighted by molar-refractivity contribution is 5.99. The van der Waals surface area contributed by atoms with Crippen LogP contribution in [-0.4, -0.2) is 22.5 Å². The molecule has 0 radical (unpaired) electrons. The molecule has 0 unspecified atom stereocenters. The molecule has 1 aromatic rings. The number of amides is 1. The fourth-order valence-corrected chi connectivity index (χ4v) is 2.77. The molecular formula is C16H20FNO3. The standard InChI is InChI=1S/C16H20FNO3/c1-10-5-7-16(8-6-10,15(20)21)18-14(19)13-9-12(17)4-3-11(13)2/h3-4,9-10H,5-8H2,1-2H3,(H,18,19)(H,20,21). The summed E-state index contributed by atoms with van der Waals surface area (Å²) in [5.41, 5.74) is -0.421. The minimum absolute atomic E-state index is 0.189. The first-order chi connectivity index (χ1) is 9.84. The number of rotatable bonds is 3. The SMILES string of the molecule is Cc1ccc(F)cc1C(=O)NC1(C(=O)O)CCC(C)CC1.